The van der Waals surface area contributed by atoms with Gasteiger partial charge in [0.15, 0.2) is 0 Å². The molecule has 0 saturated carbocycles. The lowest BCUT2D eigenvalue weighted by Gasteiger charge is -2.42. The van der Waals surface area contributed by atoms with E-state index in [2.05, 4.69) is 10.6 Å². The van der Waals surface area contributed by atoms with Crippen molar-refractivity contribution in [1.29, 1.82) is 0 Å². The van der Waals surface area contributed by atoms with Crippen LogP contribution >= 0.6 is 0 Å². The number of aldehydes is 1. The second-order valence-corrected chi connectivity index (χ2v) is 7.21. The summed E-state index contributed by atoms with van der Waals surface area (Å²) >= 11 is 0. The monoisotopic (exact) mass is 376 g/mol. The van der Waals surface area contributed by atoms with E-state index in [1.54, 1.807) is 0 Å². The van der Waals surface area contributed by atoms with Crippen LogP contribution in [0, 0.1) is 5.92 Å². The molecule has 3 N–H and O–H groups in total. The van der Waals surface area contributed by atoms with E-state index in [-0.39, 0.29) is 5.92 Å². The molecule has 1 fully saturated rings. The average Bonchev–Trinajstić information content (AvgIpc) is 2.66. The molecule has 7 heteroatoms. The highest BCUT2D eigenvalue weighted by molar-refractivity contribution is 5.86. The molecule has 148 valence electrons. The van der Waals surface area contributed by atoms with E-state index in [0.29, 0.717) is 12.9 Å². The molecule has 1 heterocycles. The highest BCUT2D eigenvalue weighted by Gasteiger charge is 2.40. The molecule has 27 heavy (non-hydrogen) atoms. The third kappa shape index (κ3) is 5.61. The van der Waals surface area contributed by atoms with Crippen LogP contribution in [-0.2, 0) is 24.8 Å². The molecule has 1 saturated heterocycles. The first-order chi connectivity index (χ1) is 12.9. The Morgan fingerprint density at radius 2 is 1.96 bits per heavy atom. The van der Waals surface area contributed by atoms with Crippen LogP contribution in [0.15, 0.2) is 30.3 Å². The molecule has 1 aliphatic heterocycles. The molecule has 1 amide bonds. The van der Waals surface area contributed by atoms with Gasteiger partial charge in [0.05, 0.1) is 18.5 Å². The minimum Gasteiger partial charge on any atom is -0.481 e. The van der Waals surface area contributed by atoms with Gasteiger partial charge in [-0.25, -0.2) is 0 Å². The highest BCUT2D eigenvalue weighted by atomic mass is 16.5. The molecule has 1 aromatic rings. The van der Waals surface area contributed by atoms with Crippen LogP contribution in [-0.4, -0.2) is 42.0 Å². The number of carbonyl (C=O) groups excluding carboxylic acids is 2. The maximum Gasteiger partial charge on any atom is 0.305 e. The lowest BCUT2D eigenvalue weighted by Crippen LogP contribution is -2.59. The Morgan fingerprint density at radius 1 is 1.26 bits per heavy atom. The van der Waals surface area contributed by atoms with Crippen molar-refractivity contribution in [3.63, 3.8) is 0 Å². The molecule has 0 aliphatic carbocycles. The largest absolute Gasteiger partial charge is 0.481 e. The molecule has 0 bridgehead atoms. The third-order valence-corrected chi connectivity index (χ3v) is 4.74. The molecule has 7 nitrogen and oxygen atoms in total. The zero-order valence-electron chi connectivity index (χ0n) is 15.8. The van der Waals surface area contributed by atoms with Crippen LogP contribution in [0.4, 0.5) is 0 Å². The zero-order chi connectivity index (χ0) is 19.9. The van der Waals surface area contributed by atoms with Crippen LogP contribution in [0.2, 0.25) is 0 Å². The van der Waals surface area contributed by atoms with Gasteiger partial charge in [0.25, 0.3) is 0 Å². The van der Waals surface area contributed by atoms with Gasteiger partial charge in [-0.2, -0.15) is 0 Å². The van der Waals surface area contributed by atoms with Crippen LogP contribution in [0.1, 0.15) is 45.1 Å². The van der Waals surface area contributed by atoms with Gasteiger partial charge in [0, 0.05) is 6.61 Å². The first kappa shape index (κ1) is 21.1. The van der Waals surface area contributed by atoms with E-state index < -0.39 is 36.1 Å². The number of carboxylic acid groups (broad SMARTS) is 1. The summed E-state index contributed by atoms with van der Waals surface area (Å²) in [6.45, 7) is 4.38. The van der Waals surface area contributed by atoms with Crippen LogP contribution in [0.3, 0.4) is 0 Å². The molecule has 0 aromatic heterocycles. The Bertz CT molecular complexity index is 641. The van der Waals surface area contributed by atoms with Crippen molar-refractivity contribution in [1.82, 2.24) is 10.6 Å². The van der Waals surface area contributed by atoms with E-state index in [4.69, 9.17) is 9.84 Å². The molecule has 3 atom stereocenters. The number of ether oxygens (including phenoxy) is 1. The number of hydrogen-bond donors (Lipinski definition) is 3. The van der Waals surface area contributed by atoms with E-state index in [9.17, 15) is 14.4 Å². The summed E-state index contributed by atoms with van der Waals surface area (Å²) in [7, 11) is 0. The number of nitrogens with one attached hydrogen (secondary N) is 2. The normalized spacial score (nSPS) is 22.0. The Morgan fingerprint density at radius 3 is 2.48 bits per heavy atom. The molecule has 1 aromatic carbocycles. The van der Waals surface area contributed by atoms with Gasteiger partial charge in [-0.15, -0.1) is 0 Å². The molecule has 2 rings (SSSR count). The van der Waals surface area contributed by atoms with Crippen LogP contribution < -0.4 is 10.6 Å². The Hall–Kier alpha value is -2.25. The predicted molar refractivity (Wildman–Crippen MR) is 99.9 cm³/mol. The van der Waals surface area contributed by atoms with E-state index in [0.717, 1.165) is 24.8 Å². The minimum absolute atomic E-state index is 0.0896. The van der Waals surface area contributed by atoms with Crippen molar-refractivity contribution in [3.05, 3.63) is 35.9 Å². The number of benzene rings is 1. The summed E-state index contributed by atoms with van der Waals surface area (Å²) in [6.07, 6.45) is 2.65. The quantitative estimate of drug-likeness (QED) is 0.568. The van der Waals surface area contributed by atoms with Crippen LogP contribution in [0.25, 0.3) is 0 Å². The molecule has 1 unspecified atom stereocenters. The number of carbonyl (C=O) groups is 3. The second-order valence-electron chi connectivity index (χ2n) is 7.21. The molecule has 1 aliphatic rings. The topological polar surface area (TPSA) is 105 Å². The Balaban J connectivity index is 2.22. The smallest absolute Gasteiger partial charge is 0.305 e. The number of amides is 1. The third-order valence-electron chi connectivity index (χ3n) is 4.74. The molecular formula is C20H28N2O5. The van der Waals surface area contributed by atoms with Crippen molar-refractivity contribution >= 4 is 18.2 Å². The Labute approximate surface area is 159 Å². The van der Waals surface area contributed by atoms with Gasteiger partial charge in [0.2, 0.25) is 5.91 Å². The Kier molecular flexibility index (Phi) is 7.50. The minimum atomic E-state index is -1.14. The van der Waals surface area contributed by atoms with E-state index in [1.807, 2.05) is 44.2 Å². The molecule has 0 radical (unpaired) electrons. The summed E-state index contributed by atoms with van der Waals surface area (Å²) in [6, 6.07) is 8.01. The van der Waals surface area contributed by atoms with Gasteiger partial charge < -0.3 is 20.0 Å². The summed E-state index contributed by atoms with van der Waals surface area (Å²) in [5.41, 5.74) is 0.163. The summed E-state index contributed by atoms with van der Waals surface area (Å²) in [5.74, 6) is -1.64. The number of rotatable bonds is 9. The summed E-state index contributed by atoms with van der Waals surface area (Å²) in [4.78, 5) is 34.8. The fourth-order valence-corrected chi connectivity index (χ4v) is 3.31. The first-order valence-electron chi connectivity index (χ1n) is 9.32. The second kappa shape index (κ2) is 9.62. The maximum atomic E-state index is 12.8. The van der Waals surface area contributed by atoms with Crippen LogP contribution in [0.5, 0.6) is 0 Å². The lowest BCUT2D eigenvalue weighted by atomic mass is 9.91. The number of hydrogen-bond acceptors (Lipinski definition) is 5. The average molecular weight is 376 g/mol. The van der Waals surface area contributed by atoms with Gasteiger partial charge in [-0.3, -0.25) is 14.9 Å². The maximum absolute atomic E-state index is 12.8. The van der Waals surface area contributed by atoms with E-state index >= 15 is 0 Å². The SMILES string of the molecule is CC(C)[C@H](NC1(c2ccccc2)CCCCO1)C(=O)N[C@H](C=O)CC(=O)O. The zero-order valence-corrected chi connectivity index (χ0v) is 15.8. The molecule has 0 spiro atoms. The molecular weight excluding hydrogens is 348 g/mol. The van der Waals surface area contributed by atoms with Crippen molar-refractivity contribution in [2.75, 3.05) is 6.61 Å². The summed E-state index contributed by atoms with van der Waals surface area (Å²) < 4.78 is 6.12. The summed E-state index contributed by atoms with van der Waals surface area (Å²) in [5, 5.41) is 14.8. The van der Waals surface area contributed by atoms with Gasteiger partial charge in [0.1, 0.15) is 12.0 Å². The first-order valence-corrected chi connectivity index (χ1v) is 9.32. The lowest BCUT2D eigenvalue weighted by molar-refractivity contribution is -0.141. The van der Waals surface area contributed by atoms with Gasteiger partial charge >= 0.3 is 5.97 Å². The van der Waals surface area contributed by atoms with Gasteiger partial charge in [-0.1, -0.05) is 44.2 Å². The fraction of sp³-hybridized carbons (Fsp3) is 0.550. The van der Waals surface area contributed by atoms with Crippen molar-refractivity contribution < 1.29 is 24.2 Å². The van der Waals surface area contributed by atoms with Crippen molar-refractivity contribution in [2.45, 2.75) is 57.3 Å². The van der Waals surface area contributed by atoms with Crippen molar-refractivity contribution in [3.8, 4) is 0 Å². The fourth-order valence-electron chi connectivity index (χ4n) is 3.31. The van der Waals surface area contributed by atoms with E-state index in [1.165, 1.54) is 0 Å². The number of carboxylic acids is 1. The predicted octanol–water partition coefficient (Wildman–Crippen LogP) is 1.81. The highest BCUT2D eigenvalue weighted by Crippen LogP contribution is 2.33. The van der Waals surface area contributed by atoms with Gasteiger partial charge in [-0.05, 0) is 30.7 Å². The standard InChI is InChI=1S/C20H28N2O5/c1-14(2)18(19(26)21-16(13-23)12-17(24)25)22-20(10-6-7-11-27-20)15-8-4-3-5-9-15/h3-5,8-9,13-14,16,18,22H,6-7,10-12H2,1-2H3,(H,21,26)(H,24,25)/t16-,18-,20?/m0/s1. The number of aliphatic carboxylic acids is 1. The van der Waals surface area contributed by atoms with Crippen molar-refractivity contribution in [2.24, 2.45) is 5.92 Å².